The Kier molecular flexibility index (Phi) is 5.78. The van der Waals surface area contributed by atoms with Gasteiger partial charge < -0.3 is 0 Å². The molecule has 0 unspecified atom stereocenters. The lowest BCUT2D eigenvalue weighted by molar-refractivity contribution is 0.659. The predicted molar refractivity (Wildman–Crippen MR) is 126 cm³/mol. The summed E-state index contributed by atoms with van der Waals surface area (Å²) in [7, 11) is 0. The van der Waals surface area contributed by atoms with Crippen LogP contribution in [0.5, 0.6) is 0 Å². The van der Waals surface area contributed by atoms with Crippen molar-refractivity contribution in [1.29, 1.82) is 0 Å². The lowest BCUT2D eigenvalue weighted by Crippen LogP contribution is -2.04. The number of hydrogen-bond donors (Lipinski definition) is 1. The van der Waals surface area contributed by atoms with Crippen LogP contribution in [-0.4, -0.2) is 30.9 Å². The third-order valence-corrected chi connectivity index (χ3v) is 5.91. The third-order valence-electron chi connectivity index (χ3n) is 4.96. The number of aromatic nitrogens is 5. The number of H-pyrrole nitrogens is 1. The molecule has 0 spiro atoms. The second-order valence-corrected chi connectivity index (χ2v) is 8.36. The Hall–Kier alpha value is -2.84. The Balaban J connectivity index is 1.67. The average Bonchev–Trinajstić information content (AvgIpc) is 3.21. The quantitative estimate of drug-likeness (QED) is 0.306. The normalized spacial score (nSPS) is 11.5. The van der Waals surface area contributed by atoms with Gasteiger partial charge in [-0.05, 0) is 50.7 Å². The molecule has 4 aromatic rings. The SMILES string of the molecule is Cc1ccc(Cn2nc(C)c(/C=N/n3c(-c4ccccc4Br)n[nH]c3=S)c2C)cc1. The summed E-state index contributed by atoms with van der Waals surface area (Å²) < 4.78 is 4.99. The van der Waals surface area contributed by atoms with E-state index in [0.29, 0.717) is 17.1 Å². The van der Waals surface area contributed by atoms with Gasteiger partial charge in [0.25, 0.3) is 0 Å². The zero-order valence-electron chi connectivity index (χ0n) is 16.9. The number of benzene rings is 2. The molecule has 0 aliphatic carbocycles. The smallest absolute Gasteiger partial charge is 0.216 e. The van der Waals surface area contributed by atoms with Crippen LogP contribution in [0.15, 0.2) is 58.1 Å². The van der Waals surface area contributed by atoms with Gasteiger partial charge in [0, 0.05) is 21.3 Å². The number of nitrogens with zero attached hydrogens (tertiary/aromatic N) is 5. The van der Waals surface area contributed by atoms with Crippen molar-refractivity contribution in [3.8, 4) is 11.4 Å². The summed E-state index contributed by atoms with van der Waals surface area (Å²) in [5.41, 5.74) is 6.31. The average molecular weight is 481 g/mol. The molecular formula is C22H21BrN6S. The molecule has 0 saturated heterocycles. The highest BCUT2D eigenvalue weighted by atomic mass is 79.9. The summed E-state index contributed by atoms with van der Waals surface area (Å²) in [6.07, 6.45) is 1.80. The van der Waals surface area contributed by atoms with Crippen molar-refractivity contribution in [1.82, 2.24) is 24.7 Å². The van der Waals surface area contributed by atoms with E-state index in [1.54, 1.807) is 10.9 Å². The van der Waals surface area contributed by atoms with Gasteiger partial charge >= 0.3 is 0 Å². The van der Waals surface area contributed by atoms with Crippen LogP contribution in [0.1, 0.15) is 28.1 Å². The Morgan fingerprint density at radius 3 is 2.57 bits per heavy atom. The van der Waals surface area contributed by atoms with Crippen LogP contribution in [0, 0.1) is 25.5 Å². The van der Waals surface area contributed by atoms with E-state index in [1.165, 1.54) is 11.1 Å². The van der Waals surface area contributed by atoms with Gasteiger partial charge in [0.15, 0.2) is 5.82 Å². The second-order valence-electron chi connectivity index (χ2n) is 7.12. The maximum Gasteiger partial charge on any atom is 0.216 e. The predicted octanol–water partition coefficient (Wildman–Crippen LogP) is 5.42. The highest BCUT2D eigenvalue weighted by Gasteiger charge is 2.13. The van der Waals surface area contributed by atoms with Crippen LogP contribution in [0.4, 0.5) is 0 Å². The summed E-state index contributed by atoms with van der Waals surface area (Å²) in [5.74, 6) is 0.645. The standard InChI is InChI=1S/C22H21BrN6S/c1-14-8-10-17(11-9-14)13-28-16(3)19(15(2)27-28)12-24-29-21(25-26-22(29)30)18-6-4-5-7-20(18)23/h4-12H,13H2,1-3H3,(H,26,30)/b24-12+. The van der Waals surface area contributed by atoms with E-state index in [2.05, 4.69) is 69.3 Å². The Labute approximate surface area is 188 Å². The van der Waals surface area contributed by atoms with Crippen LogP contribution in [0.2, 0.25) is 0 Å². The maximum atomic E-state index is 5.39. The van der Waals surface area contributed by atoms with Crippen molar-refractivity contribution in [2.75, 3.05) is 0 Å². The highest BCUT2D eigenvalue weighted by molar-refractivity contribution is 9.10. The van der Waals surface area contributed by atoms with Crippen molar-refractivity contribution in [2.24, 2.45) is 5.10 Å². The van der Waals surface area contributed by atoms with Crippen LogP contribution in [0.25, 0.3) is 11.4 Å². The van der Waals surface area contributed by atoms with Crippen molar-refractivity contribution < 1.29 is 0 Å². The molecule has 0 bridgehead atoms. The van der Waals surface area contributed by atoms with E-state index in [1.807, 2.05) is 35.9 Å². The van der Waals surface area contributed by atoms with Crippen LogP contribution >= 0.6 is 28.1 Å². The molecule has 0 fully saturated rings. The van der Waals surface area contributed by atoms with E-state index in [4.69, 9.17) is 17.3 Å². The number of nitrogens with one attached hydrogen (secondary N) is 1. The fourth-order valence-corrected chi connectivity index (χ4v) is 3.89. The number of rotatable bonds is 5. The Bertz CT molecular complexity index is 1280. The van der Waals surface area contributed by atoms with Gasteiger partial charge in [-0.1, -0.05) is 57.9 Å². The van der Waals surface area contributed by atoms with Gasteiger partial charge in [0.2, 0.25) is 4.77 Å². The van der Waals surface area contributed by atoms with Gasteiger partial charge in [-0.3, -0.25) is 4.68 Å². The largest absolute Gasteiger partial charge is 0.265 e. The lowest BCUT2D eigenvalue weighted by atomic mass is 10.1. The summed E-state index contributed by atoms with van der Waals surface area (Å²) in [6, 6.07) is 16.3. The molecule has 0 amide bonds. The van der Waals surface area contributed by atoms with Gasteiger partial charge in [-0.15, -0.1) is 0 Å². The second kappa shape index (κ2) is 8.49. The van der Waals surface area contributed by atoms with E-state index >= 15 is 0 Å². The fourth-order valence-electron chi connectivity index (χ4n) is 3.25. The lowest BCUT2D eigenvalue weighted by Gasteiger charge is -2.05. The van der Waals surface area contributed by atoms with Gasteiger partial charge in [-0.2, -0.15) is 20.0 Å². The van der Waals surface area contributed by atoms with Crippen molar-refractivity contribution in [3.63, 3.8) is 0 Å². The van der Waals surface area contributed by atoms with Crippen molar-refractivity contribution >= 4 is 34.4 Å². The first-order valence-electron chi connectivity index (χ1n) is 9.50. The summed E-state index contributed by atoms with van der Waals surface area (Å²) >= 11 is 8.96. The Morgan fingerprint density at radius 1 is 1.10 bits per heavy atom. The molecule has 2 aromatic heterocycles. The molecule has 4 rings (SSSR count). The van der Waals surface area contributed by atoms with Crippen LogP contribution in [-0.2, 0) is 6.54 Å². The molecule has 0 atom stereocenters. The number of hydrogen-bond acceptors (Lipinski definition) is 4. The molecule has 152 valence electrons. The Morgan fingerprint density at radius 2 is 1.83 bits per heavy atom. The molecule has 1 N–H and O–H groups in total. The highest BCUT2D eigenvalue weighted by Crippen LogP contribution is 2.26. The molecule has 0 aliphatic heterocycles. The molecule has 0 saturated carbocycles. The molecule has 8 heteroatoms. The third kappa shape index (κ3) is 4.06. The van der Waals surface area contributed by atoms with Crippen molar-refractivity contribution in [2.45, 2.75) is 27.3 Å². The van der Waals surface area contributed by atoms with Gasteiger partial charge in [0.1, 0.15) is 0 Å². The monoisotopic (exact) mass is 480 g/mol. The first-order valence-corrected chi connectivity index (χ1v) is 10.7. The molecule has 2 heterocycles. The summed E-state index contributed by atoms with van der Waals surface area (Å²) in [6.45, 7) is 6.85. The van der Waals surface area contributed by atoms with E-state index in [9.17, 15) is 0 Å². The molecular weight excluding hydrogens is 460 g/mol. The minimum absolute atomic E-state index is 0.430. The minimum Gasteiger partial charge on any atom is -0.265 e. The number of halogens is 1. The van der Waals surface area contributed by atoms with Crippen LogP contribution < -0.4 is 0 Å². The van der Waals surface area contributed by atoms with Gasteiger partial charge in [-0.25, -0.2) is 5.10 Å². The maximum absolute atomic E-state index is 5.39. The summed E-state index contributed by atoms with van der Waals surface area (Å²) in [5, 5.41) is 16.5. The zero-order chi connectivity index (χ0) is 21.3. The molecule has 2 aromatic carbocycles. The van der Waals surface area contributed by atoms with E-state index < -0.39 is 0 Å². The molecule has 0 aliphatic rings. The first-order chi connectivity index (χ1) is 14.4. The number of aromatic amines is 1. The minimum atomic E-state index is 0.430. The van der Waals surface area contributed by atoms with Gasteiger partial charge in [0.05, 0.1) is 18.5 Å². The molecule has 6 nitrogen and oxygen atoms in total. The van der Waals surface area contributed by atoms with Crippen LogP contribution in [0.3, 0.4) is 0 Å². The topological polar surface area (TPSA) is 63.8 Å². The van der Waals surface area contributed by atoms with Crippen molar-refractivity contribution in [3.05, 3.63) is 85.9 Å². The fraction of sp³-hybridized carbons (Fsp3) is 0.182. The van der Waals surface area contributed by atoms with E-state index in [0.717, 1.165) is 27.0 Å². The molecule has 30 heavy (non-hydrogen) atoms. The summed E-state index contributed by atoms with van der Waals surface area (Å²) in [4.78, 5) is 0. The van der Waals surface area contributed by atoms with E-state index in [-0.39, 0.29) is 0 Å². The first kappa shape index (κ1) is 20.4. The molecule has 0 radical (unpaired) electrons. The number of aryl methyl sites for hydroxylation is 2. The zero-order valence-corrected chi connectivity index (χ0v) is 19.3.